The number of aryl methyl sites for hydroxylation is 1. The maximum absolute atomic E-state index is 13.3. The summed E-state index contributed by atoms with van der Waals surface area (Å²) in [6.07, 6.45) is 3.93. The Morgan fingerprint density at radius 3 is 2.74 bits per heavy atom. The lowest BCUT2D eigenvalue weighted by Crippen LogP contribution is -2.07. The number of hydrogen-bond donors (Lipinski definition) is 2. The van der Waals surface area contributed by atoms with Crippen LogP contribution in [0.1, 0.15) is 12.8 Å². The fraction of sp³-hybridized carbons (Fsp3) is 0.267. The average Bonchev–Trinajstić information content (AvgIpc) is 3.26. The van der Waals surface area contributed by atoms with Crippen LogP contribution in [0.5, 0.6) is 0 Å². The molecule has 0 aliphatic heterocycles. The second kappa shape index (κ2) is 5.15. The van der Waals surface area contributed by atoms with Crippen molar-refractivity contribution in [3.05, 3.63) is 36.0 Å². The van der Waals surface area contributed by atoms with Gasteiger partial charge in [-0.05, 0) is 25.0 Å². The van der Waals surface area contributed by atoms with Crippen molar-refractivity contribution < 1.29 is 8.78 Å². The van der Waals surface area contributed by atoms with E-state index in [4.69, 9.17) is 0 Å². The Hall–Kier alpha value is -2.77. The smallest absolute Gasteiger partial charge is 0.231 e. The summed E-state index contributed by atoms with van der Waals surface area (Å²) in [6.45, 7) is 0. The predicted molar refractivity (Wildman–Crippen MR) is 82.6 cm³/mol. The number of rotatable bonds is 4. The summed E-state index contributed by atoms with van der Waals surface area (Å²) in [6, 6.07) is 3.98. The molecule has 1 aliphatic rings. The third-order valence-electron chi connectivity index (χ3n) is 3.69. The summed E-state index contributed by atoms with van der Waals surface area (Å²) in [5.74, 6) is -0.825. The molecular weight excluding hydrogens is 302 g/mol. The van der Waals surface area contributed by atoms with Crippen LogP contribution >= 0.6 is 0 Å². The third-order valence-corrected chi connectivity index (χ3v) is 3.69. The summed E-state index contributed by atoms with van der Waals surface area (Å²) in [5.41, 5.74) is 1.04. The van der Waals surface area contributed by atoms with Crippen LogP contribution in [0.15, 0.2) is 24.4 Å². The highest BCUT2D eigenvalue weighted by atomic mass is 19.2. The van der Waals surface area contributed by atoms with Gasteiger partial charge in [0.1, 0.15) is 5.82 Å². The van der Waals surface area contributed by atoms with Crippen LogP contribution in [0.4, 0.5) is 26.2 Å². The highest BCUT2D eigenvalue weighted by Gasteiger charge is 2.23. The molecule has 1 fully saturated rings. The Bertz CT molecular complexity index is 887. The number of benzene rings is 1. The van der Waals surface area contributed by atoms with Gasteiger partial charge < -0.3 is 10.6 Å². The molecule has 0 bridgehead atoms. The number of nitrogens with one attached hydrogen (secondary N) is 2. The van der Waals surface area contributed by atoms with Gasteiger partial charge in [0.25, 0.3) is 0 Å². The summed E-state index contributed by atoms with van der Waals surface area (Å²) in [7, 11) is 1.79. The van der Waals surface area contributed by atoms with Crippen LogP contribution in [-0.2, 0) is 7.05 Å². The van der Waals surface area contributed by atoms with E-state index >= 15 is 0 Å². The Morgan fingerprint density at radius 1 is 1.17 bits per heavy atom. The van der Waals surface area contributed by atoms with E-state index in [9.17, 15) is 8.78 Å². The largest absolute Gasteiger partial charge is 0.367 e. The van der Waals surface area contributed by atoms with Gasteiger partial charge in [0.2, 0.25) is 5.95 Å². The summed E-state index contributed by atoms with van der Waals surface area (Å²) in [5, 5.41) is 11.3. The summed E-state index contributed by atoms with van der Waals surface area (Å²) < 4.78 is 28.0. The number of hydrogen-bond acceptors (Lipinski definition) is 5. The molecule has 3 aromatic rings. The van der Waals surface area contributed by atoms with Crippen molar-refractivity contribution in [2.75, 3.05) is 10.6 Å². The van der Waals surface area contributed by atoms with Crippen molar-refractivity contribution in [3.63, 3.8) is 0 Å². The number of nitrogens with zero attached hydrogens (tertiary/aromatic N) is 4. The van der Waals surface area contributed by atoms with E-state index in [0.29, 0.717) is 29.1 Å². The lowest BCUT2D eigenvalue weighted by Gasteiger charge is -2.10. The van der Waals surface area contributed by atoms with Crippen molar-refractivity contribution in [2.24, 2.45) is 7.05 Å². The molecule has 2 heterocycles. The van der Waals surface area contributed by atoms with Gasteiger partial charge in [0.05, 0.1) is 11.6 Å². The number of fused-ring (bicyclic) bond motifs is 1. The quantitative estimate of drug-likeness (QED) is 0.774. The zero-order valence-corrected chi connectivity index (χ0v) is 12.3. The molecule has 0 unspecified atom stereocenters. The molecule has 2 aromatic heterocycles. The monoisotopic (exact) mass is 316 g/mol. The molecular formula is C15H14F2N6. The number of aromatic nitrogens is 4. The summed E-state index contributed by atoms with van der Waals surface area (Å²) in [4.78, 5) is 8.83. The molecule has 118 valence electrons. The van der Waals surface area contributed by atoms with E-state index in [1.807, 2.05) is 0 Å². The van der Waals surface area contributed by atoms with E-state index in [-0.39, 0.29) is 0 Å². The molecule has 4 rings (SSSR count). The molecule has 8 heteroatoms. The molecule has 0 saturated heterocycles. The molecule has 1 saturated carbocycles. The minimum Gasteiger partial charge on any atom is -0.367 e. The van der Waals surface area contributed by atoms with E-state index in [0.717, 1.165) is 30.4 Å². The molecule has 0 radical (unpaired) electrons. The SMILES string of the molecule is Cn1ncc2c(NC3CC3)nc(Nc3ccc(F)c(F)c3)nc21. The molecule has 6 nitrogen and oxygen atoms in total. The highest BCUT2D eigenvalue weighted by molar-refractivity contribution is 5.88. The fourth-order valence-corrected chi connectivity index (χ4v) is 2.31. The first-order valence-corrected chi connectivity index (χ1v) is 7.28. The van der Waals surface area contributed by atoms with Crippen LogP contribution < -0.4 is 10.6 Å². The lowest BCUT2D eigenvalue weighted by atomic mass is 10.3. The number of anilines is 3. The van der Waals surface area contributed by atoms with Crippen LogP contribution in [0.25, 0.3) is 11.0 Å². The Morgan fingerprint density at radius 2 is 2.00 bits per heavy atom. The lowest BCUT2D eigenvalue weighted by molar-refractivity contribution is 0.509. The summed E-state index contributed by atoms with van der Waals surface area (Å²) >= 11 is 0. The van der Waals surface area contributed by atoms with Crippen LogP contribution in [0.2, 0.25) is 0 Å². The first-order valence-electron chi connectivity index (χ1n) is 7.28. The minimum atomic E-state index is -0.923. The van der Waals surface area contributed by atoms with Gasteiger partial charge in [-0.1, -0.05) is 0 Å². The fourth-order valence-electron chi connectivity index (χ4n) is 2.31. The van der Waals surface area contributed by atoms with Gasteiger partial charge in [0, 0.05) is 24.8 Å². The van der Waals surface area contributed by atoms with Gasteiger partial charge in [-0.3, -0.25) is 4.68 Å². The van der Waals surface area contributed by atoms with Gasteiger partial charge in [-0.25, -0.2) is 8.78 Å². The normalized spacial score (nSPS) is 14.2. The molecule has 2 N–H and O–H groups in total. The van der Waals surface area contributed by atoms with E-state index in [1.165, 1.54) is 6.07 Å². The number of halogens is 2. The first kappa shape index (κ1) is 13.9. The highest BCUT2D eigenvalue weighted by Crippen LogP contribution is 2.29. The van der Waals surface area contributed by atoms with Crippen LogP contribution in [0, 0.1) is 11.6 Å². The van der Waals surface area contributed by atoms with Crippen molar-refractivity contribution in [1.82, 2.24) is 19.7 Å². The van der Waals surface area contributed by atoms with Gasteiger partial charge in [-0.2, -0.15) is 15.1 Å². The topological polar surface area (TPSA) is 67.7 Å². The predicted octanol–water partition coefficient (Wildman–Crippen LogP) is 2.96. The zero-order chi connectivity index (χ0) is 16.0. The van der Waals surface area contributed by atoms with E-state index < -0.39 is 11.6 Å². The maximum atomic E-state index is 13.3. The Labute approximate surface area is 130 Å². The van der Waals surface area contributed by atoms with Crippen LogP contribution in [0.3, 0.4) is 0 Å². The average molecular weight is 316 g/mol. The Kier molecular flexibility index (Phi) is 3.10. The molecule has 0 spiro atoms. The van der Waals surface area contributed by atoms with Gasteiger partial charge in [0.15, 0.2) is 17.3 Å². The second-order valence-electron chi connectivity index (χ2n) is 5.57. The van der Waals surface area contributed by atoms with Crippen LogP contribution in [-0.4, -0.2) is 25.8 Å². The molecule has 0 atom stereocenters. The van der Waals surface area contributed by atoms with Crippen molar-refractivity contribution in [3.8, 4) is 0 Å². The minimum absolute atomic E-state index is 0.301. The second-order valence-corrected chi connectivity index (χ2v) is 5.57. The molecule has 0 amide bonds. The van der Waals surface area contributed by atoms with Crippen molar-refractivity contribution >= 4 is 28.5 Å². The van der Waals surface area contributed by atoms with Gasteiger partial charge in [-0.15, -0.1) is 0 Å². The molecule has 1 aliphatic carbocycles. The maximum Gasteiger partial charge on any atom is 0.231 e. The zero-order valence-electron chi connectivity index (χ0n) is 12.3. The first-order chi connectivity index (χ1) is 11.1. The van der Waals surface area contributed by atoms with Gasteiger partial charge >= 0.3 is 0 Å². The molecule has 23 heavy (non-hydrogen) atoms. The van der Waals surface area contributed by atoms with E-state index in [1.54, 1.807) is 17.9 Å². The van der Waals surface area contributed by atoms with Crippen molar-refractivity contribution in [1.29, 1.82) is 0 Å². The Balaban J connectivity index is 1.73. The standard InChI is InChI=1S/C15H14F2N6/c1-23-14-10(7-18-23)13(19-8-2-3-8)21-15(22-14)20-9-4-5-11(16)12(17)6-9/h4-8H,2-3H2,1H3,(H2,19,20,21,22). The van der Waals surface area contributed by atoms with E-state index in [2.05, 4.69) is 25.7 Å². The van der Waals surface area contributed by atoms with Crippen molar-refractivity contribution in [2.45, 2.75) is 18.9 Å². The molecule has 1 aromatic carbocycles. The third kappa shape index (κ3) is 2.67.